The smallest absolute Gasteiger partial charge is 0.235 e. The molecule has 0 aliphatic carbocycles. The molecule has 19 heavy (non-hydrogen) atoms. The molecule has 108 valence electrons. The van der Waals surface area contributed by atoms with E-state index in [-0.39, 0.29) is 18.5 Å². The number of nitrogen functional groups attached to an aromatic ring is 1. The summed E-state index contributed by atoms with van der Waals surface area (Å²) in [5.41, 5.74) is 7.53. The van der Waals surface area contributed by atoms with Crippen molar-refractivity contribution in [3.63, 3.8) is 0 Å². The van der Waals surface area contributed by atoms with Crippen molar-refractivity contribution in [2.75, 3.05) is 22.8 Å². The highest BCUT2D eigenvalue weighted by Crippen LogP contribution is 2.31. The summed E-state index contributed by atoms with van der Waals surface area (Å²) in [6.45, 7) is 5.75. The fraction of sp³-hybridized carbons (Fsp3) is 0.500. The number of nitrogens with two attached hydrogens (primary N) is 1. The van der Waals surface area contributed by atoms with E-state index in [1.165, 1.54) is 0 Å². The maximum atomic E-state index is 11.9. The maximum Gasteiger partial charge on any atom is 0.235 e. The molecule has 0 aromatic heterocycles. The molecule has 3 N–H and O–H groups in total. The van der Waals surface area contributed by atoms with Crippen molar-refractivity contribution in [1.29, 1.82) is 0 Å². The molecule has 0 spiro atoms. The highest BCUT2D eigenvalue weighted by atomic mass is 79.9. The van der Waals surface area contributed by atoms with E-state index in [1.54, 1.807) is 12.1 Å². The van der Waals surface area contributed by atoms with E-state index in [2.05, 4.69) is 20.7 Å². The number of hydrogen-bond donors (Lipinski definition) is 2. The van der Waals surface area contributed by atoms with Crippen molar-refractivity contribution >= 4 is 37.3 Å². The van der Waals surface area contributed by atoms with Crippen molar-refractivity contribution in [3.05, 3.63) is 22.2 Å². The summed E-state index contributed by atoms with van der Waals surface area (Å²) in [7, 11) is -3.47. The van der Waals surface area contributed by atoms with Crippen LogP contribution in [0.3, 0.4) is 0 Å². The van der Waals surface area contributed by atoms with Gasteiger partial charge in [0.25, 0.3) is 0 Å². The predicted octanol–water partition coefficient (Wildman–Crippen LogP) is 2.51. The molecule has 0 bridgehead atoms. The summed E-state index contributed by atoms with van der Waals surface area (Å²) in [6.07, 6.45) is 0.00591. The van der Waals surface area contributed by atoms with Gasteiger partial charge >= 0.3 is 0 Å². The van der Waals surface area contributed by atoms with E-state index < -0.39 is 10.0 Å². The molecule has 0 aliphatic heterocycles. The highest BCUT2D eigenvalue weighted by Gasteiger charge is 2.15. The van der Waals surface area contributed by atoms with Crippen LogP contribution < -0.4 is 10.5 Å². The summed E-state index contributed by atoms with van der Waals surface area (Å²) in [5.74, 6) is -0.106. The van der Waals surface area contributed by atoms with Crippen molar-refractivity contribution < 1.29 is 13.2 Å². The second-order valence-electron chi connectivity index (χ2n) is 4.55. The maximum absolute atomic E-state index is 11.9. The molecule has 0 fully saturated rings. The number of halogens is 1. The number of nitrogens with one attached hydrogen (secondary N) is 1. The minimum atomic E-state index is -3.47. The molecule has 0 aliphatic rings. The lowest BCUT2D eigenvalue weighted by Crippen LogP contribution is -2.22. The first-order chi connectivity index (χ1) is 8.71. The lowest BCUT2D eigenvalue weighted by Gasteiger charge is -2.13. The molecule has 0 heterocycles. The molecule has 1 aromatic carbocycles. The molecular weight excluding hydrogens is 332 g/mol. The molecule has 0 radical (unpaired) electrons. The number of anilines is 2. The third kappa shape index (κ3) is 5.38. The van der Waals surface area contributed by atoms with Crippen molar-refractivity contribution in [3.8, 4) is 0 Å². The molecular formula is C12H19BrN2O3S. The Hall–Kier alpha value is -0.790. The van der Waals surface area contributed by atoms with Gasteiger partial charge in [-0.25, -0.2) is 8.42 Å². The Bertz CT molecular complexity index is 521. The van der Waals surface area contributed by atoms with Gasteiger partial charge in [0, 0.05) is 4.47 Å². The monoisotopic (exact) mass is 350 g/mol. The van der Waals surface area contributed by atoms with Gasteiger partial charge < -0.3 is 10.5 Å². The quantitative estimate of drug-likeness (QED) is 0.772. The Morgan fingerprint density at radius 2 is 2.05 bits per heavy atom. The van der Waals surface area contributed by atoms with Gasteiger partial charge in [0.2, 0.25) is 10.0 Å². The van der Waals surface area contributed by atoms with Crippen molar-refractivity contribution in [1.82, 2.24) is 0 Å². The van der Waals surface area contributed by atoms with Gasteiger partial charge in [-0.15, -0.1) is 0 Å². The largest absolute Gasteiger partial charge is 0.397 e. The van der Waals surface area contributed by atoms with Crippen LogP contribution in [0.4, 0.5) is 11.4 Å². The van der Waals surface area contributed by atoms with Gasteiger partial charge in [-0.1, -0.05) is 0 Å². The Balaban J connectivity index is 2.79. The van der Waals surface area contributed by atoms with E-state index in [1.807, 2.05) is 20.8 Å². The SMILES string of the molecule is Cc1cc(N)c(NS(=O)(=O)CCOC(C)C)c(Br)c1. The van der Waals surface area contributed by atoms with Crippen LogP contribution in [0.5, 0.6) is 0 Å². The lowest BCUT2D eigenvalue weighted by atomic mass is 10.2. The Morgan fingerprint density at radius 3 is 2.58 bits per heavy atom. The summed E-state index contributed by atoms with van der Waals surface area (Å²) < 4.78 is 32.1. The first kappa shape index (κ1) is 16.3. The van der Waals surface area contributed by atoms with Crippen LogP contribution in [0.2, 0.25) is 0 Å². The van der Waals surface area contributed by atoms with Gasteiger partial charge in [0.1, 0.15) is 0 Å². The number of benzene rings is 1. The highest BCUT2D eigenvalue weighted by molar-refractivity contribution is 9.10. The molecule has 0 saturated heterocycles. The Morgan fingerprint density at radius 1 is 1.42 bits per heavy atom. The first-order valence-corrected chi connectivity index (χ1v) is 8.33. The van der Waals surface area contributed by atoms with E-state index >= 15 is 0 Å². The number of sulfonamides is 1. The van der Waals surface area contributed by atoms with Crippen LogP contribution in [0.1, 0.15) is 19.4 Å². The summed E-state index contributed by atoms with van der Waals surface area (Å²) in [4.78, 5) is 0. The van der Waals surface area contributed by atoms with E-state index in [0.29, 0.717) is 15.8 Å². The molecule has 7 heteroatoms. The zero-order chi connectivity index (χ0) is 14.6. The van der Waals surface area contributed by atoms with Crippen LogP contribution in [0, 0.1) is 6.92 Å². The van der Waals surface area contributed by atoms with Gasteiger partial charge in [-0.2, -0.15) is 0 Å². The molecule has 1 aromatic rings. The number of rotatable bonds is 6. The molecule has 0 amide bonds. The van der Waals surface area contributed by atoms with E-state index in [9.17, 15) is 8.42 Å². The fourth-order valence-electron chi connectivity index (χ4n) is 1.48. The van der Waals surface area contributed by atoms with Gasteiger partial charge in [0.05, 0.1) is 29.8 Å². The molecule has 1 rings (SSSR count). The van der Waals surface area contributed by atoms with E-state index in [4.69, 9.17) is 10.5 Å². The molecule has 0 atom stereocenters. The summed E-state index contributed by atoms with van der Waals surface area (Å²) in [5, 5.41) is 0. The second-order valence-corrected chi connectivity index (χ2v) is 7.25. The van der Waals surface area contributed by atoms with Crippen molar-refractivity contribution in [2.24, 2.45) is 0 Å². The minimum absolute atomic E-state index is 0.00591. The molecule has 5 nitrogen and oxygen atoms in total. The number of ether oxygens (including phenoxy) is 1. The zero-order valence-corrected chi connectivity index (χ0v) is 13.6. The summed E-state index contributed by atoms with van der Waals surface area (Å²) >= 11 is 3.30. The Labute approximate surface area is 122 Å². The minimum Gasteiger partial charge on any atom is -0.397 e. The number of aryl methyl sites for hydroxylation is 1. The third-order valence-electron chi connectivity index (χ3n) is 2.33. The predicted molar refractivity (Wildman–Crippen MR) is 81.8 cm³/mol. The van der Waals surface area contributed by atoms with E-state index in [0.717, 1.165) is 5.56 Å². The molecule has 0 unspecified atom stereocenters. The van der Waals surface area contributed by atoms with Crippen LogP contribution in [-0.2, 0) is 14.8 Å². The second kappa shape index (κ2) is 6.58. The van der Waals surface area contributed by atoms with Gasteiger partial charge in [-0.05, 0) is 54.4 Å². The molecule has 0 saturated carbocycles. The lowest BCUT2D eigenvalue weighted by molar-refractivity contribution is 0.0913. The fourth-order valence-corrected chi connectivity index (χ4v) is 3.25. The summed E-state index contributed by atoms with van der Waals surface area (Å²) in [6, 6.07) is 3.52. The number of hydrogen-bond acceptors (Lipinski definition) is 4. The average molecular weight is 351 g/mol. The average Bonchev–Trinajstić information content (AvgIpc) is 2.22. The van der Waals surface area contributed by atoms with Crippen LogP contribution in [0.25, 0.3) is 0 Å². The van der Waals surface area contributed by atoms with Gasteiger partial charge in [-0.3, -0.25) is 4.72 Å². The zero-order valence-electron chi connectivity index (χ0n) is 11.2. The standard InChI is InChI=1S/C12H19BrN2O3S/c1-8(2)18-4-5-19(16,17)15-12-10(13)6-9(3)7-11(12)14/h6-8,15H,4-5,14H2,1-3H3. The first-order valence-electron chi connectivity index (χ1n) is 5.89. The van der Waals surface area contributed by atoms with Crippen molar-refractivity contribution in [2.45, 2.75) is 26.9 Å². The van der Waals surface area contributed by atoms with Crippen LogP contribution >= 0.6 is 15.9 Å². The topological polar surface area (TPSA) is 81.4 Å². The normalized spacial score (nSPS) is 11.8. The van der Waals surface area contributed by atoms with Crippen LogP contribution in [-0.4, -0.2) is 26.9 Å². The van der Waals surface area contributed by atoms with Crippen LogP contribution in [0.15, 0.2) is 16.6 Å². The Kier molecular flexibility index (Phi) is 5.64. The van der Waals surface area contributed by atoms with Gasteiger partial charge in [0.15, 0.2) is 0 Å². The third-order valence-corrected chi connectivity index (χ3v) is 4.17.